The molecule has 1 aliphatic rings. The highest BCUT2D eigenvalue weighted by atomic mass is 15.6. The Hall–Kier alpha value is -1.55. The van der Waals surface area contributed by atoms with Crippen LogP contribution in [0.15, 0.2) is 35.4 Å². The molecule has 2 rings (SSSR count). The second-order valence-corrected chi connectivity index (χ2v) is 3.04. The van der Waals surface area contributed by atoms with E-state index in [9.17, 15) is 0 Å². The molecule has 68 valence electrons. The quantitative estimate of drug-likeness (QED) is 0.670. The monoisotopic (exact) mass is 176 g/mol. The maximum atomic E-state index is 5.52. The molecule has 0 spiro atoms. The summed E-state index contributed by atoms with van der Waals surface area (Å²) in [7, 11) is 0. The van der Waals surface area contributed by atoms with E-state index in [1.54, 1.807) is 11.3 Å². The van der Waals surface area contributed by atoms with Crippen LogP contribution in [0.25, 0.3) is 0 Å². The molecule has 0 unspecified atom stereocenters. The topological polar surface area (TPSA) is 44.9 Å². The predicted molar refractivity (Wildman–Crippen MR) is 51.4 cm³/mol. The van der Waals surface area contributed by atoms with Crippen molar-refractivity contribution in [1.82, 2.24) is 10.0 Å². The molecule has 0 amide bonds. The first-order chi connectivity index (χ1) is 6.34. The summed E-state index contributed by atoms with van der Waals surface area (Å²) in [6.45, 7) is 1.47. The Balaban J connectivity index is 1.96. The summed E-state index contributed by atoms with van der Waals surface area (Å²) >= 11 is 0. The lowest BCUT2D eigenvalue weighted by molar-refractivity contribution is 0.230. The zero-order valence-electron chi connectivity index (χ0n) is 7.30. The number of hydrogen-bond acceptors (Lipinski definition) is 4. The van der Waals surface area contributed by atoms with Gasteiger partial charge in [0.15, 0.2) is 0 Å². The Kier molecular flexibility index (Phi) is 2.14. The number of hydrogen-bond donors (Lipinski definition) is 1. The molecular weight excluding hydrogens is 164 g/mol. The van der Waals surface area contributed by atoms with Crippen molar-refractivity contribution in [3.05, 3.63) is 35.9 Å². The van der Waals surface area contributed by atoms with Crippen molar-refractivity contribution in [2.24, 2.45) is 10.9 Å². The molecule has 1 heterocycles. The predicted octanol–water partition coefficient (Wildman–Crippen LogP) is 0.579. The van der Waals surface area contributed by atoms with E-state index in [-0.39, 0.29) is 0 Å². The van der Waals surface area contributed by atoms with Crippen molar-refractivity contribution in [3.63, 3.8) is 0 Å². The van der Waals surface area contributed by atoms with Gasteiger partial charge in [0.05, 0.1) is 6.54 Å². The minimum Gasteiger partial charge on any atom is -0.278 e. The van der Waals surface area contributed by atoms with Crippen LogP contribution in [0, 0.1) is 0 Å². The van der Waals surface area contributed by atoms with Gasteiger partial charge < -0.3 is 0 Å². The maximum absolute atomic E-state index is 5.52. The van der Waals surface area contributed by atoms with Gasteiger partial charge in [-0.1, -0.05) is 30.3 Å². The molecule has 0 fully saturated rings. The van der Waals surface area contributed by atoms with E-state index in [1.165, 1.54) is 5.56 Å². The Bertz CT molecular complexity index is 296. The molecule has 1 aromatic carbocycles. The lowest BCUT2D eigenvalue weighted by Gasteiger charge is -2.14. The molecular formula is C9H12N4. The third-order valence-corrected chi connectivity index (χ3v) is 1.90. The lowest BCUT2D eigenvalue weighted by atomic mass is 10.2. The van der Waals surface area contributed by atoms with Crippen molar-refractivity contribution in [3.8, 4) is 0 Å². The number of nitrogens with two attached hydrogens (primary N) is 1. The first-order valence-electron chi connectivity index (χ1n) is 4.19. The minimum atomic E-state index is 0.662. The van der Waals surface area contributed by atoms with E-state index in [0.717, 1.165) is 6.54 Å². The molecule has 1 aliphatic heterocycles. The zero-order chi connectivity index (χ0) is 9.10. The van der Waals surface area contributed by atoms with Crippen LogP contribution in [0.1, 0.15) is 5.56 Å². The van der Waals surface area contributed by atoms with E-state index >= 15 is 0 Å². The number of nitrogens with zero attached hydrogens (tertiary/aromatic N) is 3. The Morgan fingerprint density at radius 3 is 2.69 bits per heavy atom. The molecule has 0 aliphatic carbocycles. The van der Waals surface area contributed by atoms with Crippen LogP contribution in [-0.4, -0.2) is 23.0 Å². The fraction of sp³-hybridized carbons (Fsp3) is 0.222. The fourth-order valence-electron chi connectivity index (χ4n) is 1.29. The molecule has 0 saturated heterocycles. The van der Waals surface area contributed by atoms with Crippen LogP contribution in [-0.2, 0) is 6.54 Å². The van der Waals surface area contributed by atoms with Crippen LogP contribution in [0.4, 0.5) is 0 Å². The van der Waals surface area contributed by atoms with Gasteiger partial charge in [-0.05, 0) is 5.56 Å². The fourth-order valence-corrected chi connectivity index (χ4v) is 1.29. The molecule has 13 heavy (non-hydrogen) atoms. The Morgan fingerprint density at radius 1 is 1.31 bits per heavy atom. The smallest absolute Gasteiger partial charge is 0.127 e. The van der Waals surface area contributed by atoms with E-state index < -0.39 is 0 Å². The van der Waals surface area contributed by atoms with Crippen LogP contribution in [0.2, 0.25) is 0 Å². The molecule has 0 saturated carbocycles. The zero-order valence-corrected chi connectivity index (χ0v) is 7.30. The molecule has 4 nitrogen and oxygen atoms in total. The van der Waals surface area contributed by atoms with Gasteiger partial charge >= 0.3 is 0 Å². The van der Waals surface area contributed by atoms with Crippen LogP contribution in [0.3, 0.4) is 0 Å². The summed E-state index contributed by atoms with van der Waals surface area (Å²) in [5.74, 6) is 5.52. The lowest BCUT2D eigenvalue weighted by Crippen LogP contribution is -2.31. The number of benzene rings is 1. The highest BCUT2D eigenvalue weighted by molar-refractivity contribution is 5.54. The van der Waals surface area contributed by atoms with Gasteiger partial charge in [0.25, 0.3) is 0 Å². The van der Waals surface area contributed by atoms with Crippen molar-refractivity contribution in [1.29, 1.82) is 0 Å². The minimum absolute atomic E-state index is 0.662. The molecule has 0 radical (unpaired) electrons. The van der Waals surface area contributed by atoms with E-state index in [4.69, 9.17) is 5.84 Å². The average Bonchev–Trinajstić information content (AvgIpc) is 2.53. The van der Waals surface area contributed by atoms with E-state index in [2.05, 4.69) is 17.2 Å². The summed E-state index contributed by atoms with van der Waals surface area (Å²) in [4.78, 5) is 0. The third-order valence-electron chi connectivity index (χ3n) is 1.90. The van der Waals surface area contributed by atoms with E-state index in [0.29, 0.717) is 6.67 Å². The van der Waals surface area contributed by atoms with Crippen LogP contribution in [0.5, 0.6) is 0 Å². The van der Waals surface area contributed by atoms with Gasteiger partial charge in [0.2, 0.25) is 0 Å². The van der Waals surface area contributed by atoms with Gasteiger partial charge in [-0.15, -0.1) is 0 Å². The van der Waals surface area contributed by atoms with Crippen LogP contribution >= 0.6 is 0 Å². The normalized spacial score (nSPS) is 15.5. The number of hydrazine groups is 1. The van der Waals surface area contributed by atoms with Crippen molar-refractivity contribution < 1.29 is 0 Å². The second kappa shape index (κ2) is 3.45. The largest absolute Gasteiger partial charge is 0.278 e. The Morgan fingerprint density at radius 2 is 2.08 bits per heavy atom. The first-order valence-corrected chi connectivity index (χ1v) is 4.19. The molecule has 2 N–H and O–H groups in total. The average molecular weight is 176 g/mol. The first kappa shape index (κ1) is 8.07. The highest BCUT2D eigenvalue weighted by Crippen LogP contribution is 2.06. The number of rotatable bonds is 2. The summed E-state index contributed by atoms with van der Waals surface area (Å²) in [6.07, 6.45) is 1.63. The molecule has 1 aromatic rings. The van der Waals surface area contributed by atoms with Crippen molar-refractivity contribution in [2.45, 2.75) is 6.54 Å². The standard InChI is InChI=1S/C9H12N4/c10-12-7-11-13(8-12)6-9-4-2-1-3-5-9/h1-5,7H,6,8,10H2. The Labute approximate surface area is 77.2 Å². The highest BCUT2D eigenvalue weighted by Gasteiger charge is 2.09. The second-order valence-electron chi connectivity index (χ2n) is 3.04. The van der Waals surface area contributed by atoms with Gasteiger partial charge in [-0.25, -0.2) is 5.84 Å². The summed E-state index contributed by atoms with van der Waals surface area (Å²) in [6, 6.07) is 10.2. The van der Waals surface area contributed by atoms with Gasteiger partial charge in [-0.2, -0.15) is 5.10 Å². The SMILES string of the molecule is NN1C=NN(Cc2ccccc2)C1. The summed E-state index contributed by atoms with van der Waals surface area (Å²) in [5.41, 5.74) is 1.25. The van der Waals surface area contributed by atoms with Crippen molar-refractivity contribution >= 4 is 6.34 Å². The number of hydrazone groups is 1. The van der Waals surface area contributed by atoms with Gasteiger partial charge in [0, 0.05) is 0 Å². The van der Waals surface area contributed by atoms with Gasteiger partial charge in [0.1, 0.15) is 13.0 Å². The van der Waals surface area contributed by atoms with E-state index in [1.807, 2.05) is 23.2 Å². The summed E-state index contributed by atoms with van der Waals surface area (Å²) in [5, 5.41) is 7.59. The van der Waals surface area contributed by atoms with Crippen molar-refractivity contribution in [2.75, 3.05) is 6.67 Å². The third kappa shape index (κ3) is 1.97. The van der Waals surface area contributed by atoms with Gasteiger partial charge in [-0.3, -0.25) is 10.0 Å². The molecule has 0 atom stereocenters. The summed E-state index contributed by atoms with van der Waals surface area (Å²) < 4.78 is 0. The maximum Gasteiger partial charge on any atom is 0.127 e. The molecule has 4 heteroatoms. The molecule has 0 bridgehead atoms. The van der Waals surface area contributed by atoms with Crippen LogP contribution < -0.4 is 5.84 Å². The molecule has 0 aromatic heterocycles.